The first-order chi connectivity index (χ1) is 13.4. The van der Waals surface area contributed by atoms with Crippen LogP contribution in [0.25, 0.3) is 11.1 Å². The normalized spacial score (nSPS) is 13.1. The van der Waals surface area contributed by atoms with Gasteiger partial charge >= 0.3 is 0 Å². The van der Waals surface area contributed by atoms with Crippen LogP contribution in [-0.2, 0) is 19.6 Å². The van der Waals surface area contributed by atoms with Crippen molar-refractivity contribution >= 4 is 5.91 Å². The van der Waals surface area contributed by atoms with Gasteiger partial charge in [0.1, 0.15) is 5.82 Å². The summed E-state index contributed by atoms with van der Waals surface area (Å²) in [7, 11) is 0. The molecule has 0 spiro atoms. The first-order valence-corrected chi connectivity index (χ1v) is 9.41. The van der Waals surface area contributed by atoms with E-state index in [0.717, 1.165) is 29.1 Å². The van der Waals surface area contributed by atoms with E-state index in [1.165, 1.54) is 0 Å². The number of rotatable bonds is 3. The van der Waals surface area contributed by atoms with E-state index in [9.17, 15) is 9.59 Å². The van der Waals surface area contributed by atoms with Gasteiger partial charge < -0.3 is 9.88 Å². The lowest BCUT2D eigenvalue weighted by atomic mass is 10.0. The largest absolute Gasteiger partial charge is 0.328 e. The topological polar surface area (TPSA) is 83.9 Å². The summed E-state index contributed by atoms with van der Waals surface area (Å²) in [5, 5.41) is 4.57. The van der Waals surface area contributed by atoms with Gasteiger partial charge in [-0.05, 0) is 45.4 Å². The van der Waals surface area contributed by atoms with Crippen molar-refractivity contribution in [2.24, 2.45) is 0 Å². The molecule has 0 saturated carbocycles. The molecule has 1 aliphatic heterocycles. The third-order valence-electron chi connectivity index (χ3n) is 5.30. The predicted molar refractivity (Wildman–Crippen MR) is 106 cm³/mol. The molecular weight excluding hydrogens is 354 g/mol. The molecule has 0 radical (unpaired) electrons. The molecule has 1 aliphatic rings. The molecule has 7 nitrogen and oxygen atoms in total. The number of aromatic amines is 1. The van der Waals surface area contributed by atoms with Crippen molar-refractivity contribution in [1.29, 1.82) is 0 Å². The molecule has 2 aromatic heterocycles. The Hall–Kier alpha value is -3.22. The summed E-state index contributed by atoms with van der Waals surface area (Å²) in [5.74, 6) is 0.472. The molecule has 0 aliphatic carbocycles. The number of hydrogen-bond donors (Lipinski definition) is 1. The van der Waals surface area contributed by atoms with E-state index >= 15 is 0 Å². The fourth-order valence-electron chi connectivity index (χ4n) is 3.92. The Morgan fingerprint density at radius 2 is 1.86 bits per heavy atom. The van der Waals surface area contributed by atoms with E-state index in [1.807, 2.05) is 35.9 Å². The van der Waals surface area contributed by atoms with Gasteiger partial charge in [0.2, 0.25) is 0 Å². The van der Waals surface area contributed by atoms with Gasteiger partial charge in [-0.15, -0.1) is 0 Å². The summed E-state index contributed by atoms with van der Waals surface area (Å²) in [4.78, 5) is 33.7. The van der Waals surface area contributed by atoms with Gasteiger partial charge in [0.05, 0.1) is 30.0 Å². The average Bonchev–Trinajstić information content (AvgIpc) is 3.22. The number of H-pyrrole nitrogens is 1. The minimum absolute atomic E-state index is 0.0979. The van der Waals surface area contributed by atoms with Crippen molar-refractivity contribution in [3.05, 3.63) is 68.7 Å². The zero-order valence-corrected chi connectivity index (χ0v) is 16.5. The molecule has 4 rings (SSSR count). The maximum absolute atomic E-state index is 12.9. The van der Waals surface area contributed by atoms with Crippen LogP contribution in [0, 0.1) is 20.8 Å². The van der Waals surface area contributed by atoms with Crippen LogP contribution < -0.4 is 5.56 Å². The van der Waals surface area contributed by atoms with Crippen LogP contribution in [0.5, 0.6) is 0 Å². The van der Waals surface area contributed by atoms with Crippen LogP contribution in [0.4, 0.5) is 0 Å². The molecule has 144 valence electrons. The maximum Gasteiger partial charge on any atom is 0.256 e. The van der Waals surface area contributed by atoms with Gasteiger partial charge in [-0.3, -0.25) is 14.3 Å². The zero-order valence-electron chi connectivity index (χ0n) is 16.5. The van der Waals surface area contributed by atoms with Gasteiger partial charge in [-0.1, -0.05) is 12.1 Å². The summed E-state index contributed by atoms with van der Waals surface area (Å²) < 4.78 is 1.98. The lowest BCUT2D eigenvalue weighted by Gasteiger charge is -2.15. The average molecular weight is 377 g/mol. The van der Waals surface area contributed by atoms with Gasteiger partial charge in [0.25, 0.3) is 11.5 Å². The lowest BCUT2D eigenvalue weighted by Crippen LogP contribution is -2.26. The van der Waals surface area contributed by atoms with Crippen LogP contribution >= 0.6 is 0 Å². The van der Waals surface area contributed by atoms with Gasteiger partial charge in [-0.25, -0.2) is 4.98 Å². The molecule has 7 heteroatoms. The Kier molecular flexibility index (Phi) is 4.37. The third-order valence-corrected chi connectivity index (χ3v) is 5.30. The Balaban J connectivity index is 1.58. The van der Waals surface area contributed by atoms with Crippen molar-refractivity contribution in [2.75, 3.05) is 0 Å². The van der Waals surface area contributed by atoms with Gasteiger partial charge in [0, 0.05) is 23.4 Å². The van der Waals surface area contributed by atoms with Crippen molar-refractivity contribution in [1.82, 2.24) is 24.6 Å². The molecule has 1 N–H and O–H groups in total. The highest BCUT2D eigenvalue weighted by molar-refractivity contribution is 5.95. The predicted octanol–water partition coefficient (Wildman–Crippen LogP) is 2.73. The summed E-state index contributed by atoms with van der Waals surface area (Å²) in [6.07, 6.45) is 0. The lowest BCUT2D eigenvalue weighted by molar-refractivity contribution is 0.0750. The second-order valence-corrected chi connectivity index (χ2v) is 7.18. The molecule has 3 aromatic rings. The third kappa shape index (κ3) is 2.93. The fourth-order valence-corrected chi connectivity index (χ4v) is 3.92. The van der Waals surface area contributed by atoms with Crippen LogP contribution in [0.2, 0.25) is 0 Å². The number of amides is 1. The molecule has 0 unspecified atom stereocenters. The van der Waals surface area contributed by atoms with Gasteiger partial charge in [0.15, 0.2) is 0 Å². The van der Waals surface area contributed by atoms with E-state index in [0.29, 0.717) is 35.7 Å². The molecule has 3 heterocycles. The van der Waals surface area contributed by atoms with E-state index in [4.69, 9.17) is 0 Å². The molecule has 28 heavy (non-hydrogen) atoms. The first kappa shape index (κ1) is 18.2. The molecule has 0 saturated heterocycles. The number of benzene rings is 1. The number of aromatic nitrogens is 4. The summed E-state index contributed by atoms with van der Waals surface area (Å²) >= 11 is 0. The minimum atomic E-state index is -0.160. The Morgan fingerprint density at radius 3 is 2.50 bits per heavy atom. The summed E-state index contributed by atoms with van der Waals surface area (Å²) in [6, 6.07) is 7.60. The number of aryl methyl sites for hydroxylation is 3. The molecule has 0 atom stereocenters. The number of nitrogens with one attached hydrogen (secondary N) is 1. The fraction of sp³-hybridized carbons (Fsp3) is 0.333. The summed E-state index contributed by atoms with van der Waals surface area (Å²) in [5.41, 5.74) is 5.96. The van der Waals surface area contributed by atoms with E-state index in [2.05, 4.69) is 28.9 Å². The van der Waals surface area contributed by atoms with Crippen LogP contribution in [-0.4, -0.2) is 30.6 Å². The minimum Gasteiger partial charge on any atom is -0.328 e. The van der Waals surface area contributed by atoms with Crippen LogP contribution in [0.1, 0.15) is 45.8 Å². The van der Waals surface area contributed by atoms with Gasteiger partial charge in [-0.2, -0.15) is 5.10 Å². The van der Waals surface area contributed by atoms with E-state index < -0.39 is 0 Å². The van der Waals surface area contributed by atoms with Crippen LogP contribution in [0.3, 0.4) is 0 Å². The molecular formula is C21H23N5O2. The molecule has 0 fully saturated rings. The number of fused-ring (bicyclic) bond motifs is 1. The summed E-state index contributed by atoms with van der Waals surface area (Å²) in [6.45, 7) is 9.36. The Labute approximate surface area is 163 Å². The van der Waals surface area contributed by atoms with Crippen molar-refractivity contribution in [3.8, 4) is 11.1 Å². The highest BCUT2D eigenvalue weighted by Crippen LogP contribution is 2.28. The van der Waals surface area contributed by atoms with Crippen molar-refractivity contribution in [2.45, 2.75) is 47.3 Å². The molecule has 1 amide bonds. The second-order valence-electron chi connectivity index (χ2n) is 7.18. The molecule has 0 bridgehead atoms. The zero-order chi connectivity index (χ0) is 20.0. The quantitative estimate of drug-likeness (QED) is 0.761. The Bertz CT molecular complexity index is 1120. The van der Waals surface area contributed by atoms with Crippen molar-refractivity contribution in [3.63, 3.8) is 0 Å². The number of nitrogens with zero attached hydrogens (tertiary/aromatic N) is 4. The first-order valence-electron chi connectivity index (χ1n) is 9.41. The Morgan fingerprint density at radius 1 is 1.14 bits per heavy atom. The highest BCUT2D eigenvalue weighted by atomic mass is 16.2. The number of carbonyl (C=O) groups excluding carboxylic acids is 1. The SMILES string of the molecule is CCn1nc(C)c(-c2ccc(C(=O)N3Cc4nc(C)[nH]c(=O)c4C3)cc2)c1C. The molecule has 1 aromatic carbocycles. The smallest absolute Gasteiger partial charge is 0.256 e. The monoisotopic (exact) mass is 377 g/mol. The van der Waals surface area contributed by atoms with Crippen molar-refractivity contribution < 1.29 is 4.79 Å². The van der Waals surface area contributed by atoms with Crippen LogP contribution in [0.15, 0.2) is 29.1 Å². The second kappa shape index (κ2) is 6.74. The number of carbonyl (C=O) groups is 1. The highest BCUT2D eigenvalue weighted by Gasteiger charge is 2.28. The maximum atomic E-state index is 12.9. The van der Waals surface area contributed by atoms with E-state index in [-0.39, 0.29) is 11.5 Å². The standard InChI is InChI=1S/C21H23N5O2/c1-5-26-13(3)19(12(2)24-26)15-6-8-16(9-7-15)21(28)25-10-17-18(11-25)22-14(4)23-20(17)27/h6-9H,5,10-11H2,1-4H3,(H,22,23,27). The van der Waals surface area contributed by atoms with E-state index in [1.54, 1.807) is 11.8 Å². The number of hydrogen-bond acceptors (Lipinski definition) is 4.